The number of esters is 1. The van der Waals surface area contributed by atoms with E-state index in [2.05, 4.69) is 10.6 Å². The van der Waals surface area contributed by atoms with E-state index >= 15 is 0 Å². The molecule has 1 fully saturated rings. The predicted octanol–water partition coefficient (Wildman–Crippen LogP) is 2.03. The third-order valence-corrected chi connectivity index (χ3v) is 3.80. The number of para-hydroxylation sites is 1. The molecule has 3 rings (SSSR count). The second-order valence-corrected chi connectivity index (χ2v) is 6.12. The van der Waals surface area contributed by atoms with Crippen molar-refractivity contribution in [2.45, 2.75) is 18.9 Å². The fourth-order valence-corrected chi connectivity index (χ4v) is 2.25. The van der Waals surface area contributed by atoms with Gasteiger partial charge in [0.25, 0.3) is 11.8 Å². The van der Waals surface area contributed by atoms with Crippen LogP contribution in [0.15, 0.2) is 54.6 Å². The van der Waals surface area contributed by atoms with Crippen LogP contribution in [0.5, 0.6) is 11.5 Å². The lowest BCUT2D eigenvalue weighted by molar-refractivity contribution is -0.147. The highest BCUT2D eigenvalue weighted by Gasteiger charge is 2.23. The zero-order chi connectivity index (χ0) is 19.1. The molecular weight excluding hydrogens is 348 g/mol. The molecule has 2 N–H and O–H groups in total. The second-order valence-electron chi connectivity index (χ2n) is 6.12. The van der Waals surface area contributed by atoms with Crippen LogP contribution in [-0.2, 0) is 14.3 Å². The molecule has 27 heavy (non-hydrogen) atoms. The van der Waals surface area contributed by atoms with Gasteiger partial charge in [0.05, 0.1) is 0 Å². The monoisotopic (exact) mass is 368 g/mol. The lowest BCUT2D eigenvalue weighted by Crippen LogP contribution is -2.34. The van der Waals surface area contributed by atoms with Crippen molar-refractivity contribution >= 4 is 17.8 Å². The number of hydrogen-bond donors (Lipinski definition) is 2. The smallest absolute Gasteiger partial charge is 0.325 e. The molecule has 1 aliphatic rings. The molecule has 7 heteroatoms. The molecule has 2 aromatic carbocycles. The first-order valence-electron chi connectivity index (χ1n) is 8.66. The van der Waals surface area contributed by atoms with Gasteiger partial charge in [-0.2, -0.15) is 0 Å². The summed E-state index contributed by atoms with van der Waals surface area (Å²) in [7, 11) is 0. The Morgan fingerprint density at radius 3 is 2.26 bits per heavy atom. The molecule has 0 spiro atoms. The van der Waals surface area contributed by atoms with Crippen LogP contribution in [0, 0.1) is 0 Å². The number of carbonyl (C=O) groups excluding carboxylic acids is 3. The summed E-state index contributed by atoms with van der Waals surface area (Å²) in [4.78, 5) is 35.1. The van der Waals surface area contributed by atoms with Gasteiger partial charge in [-0.05, 0) is 49.2 Å². The second kappa shape index (κ2) is 8.84. The van der Waals surface area contributed by atoms with Crippen LogP contribution in [0.4, 0.5) is 0 Å². The lowest BCUT2D eigenvalue weighted by Gasteiger charge is -2.08. The first-order chi connectivity index (χ1) is 13.1. The largest absolute Gasteiger partial charge is 0.457 e. The SMILES string of the molecule is O=C(COC(=O)CNC(=O)c1ccc(Oc2ccccc2)cc1)NC1CC1. The quantitative estimate of drug-likeness (QED) is 0.696. The minimum absolute atomic E-state index is 0.213. The van der Waals surface area contributed by atoms with Crippen LogP contribution < -0.4 is 15.4 Å². The van der Waals surface area contributed by atoms with Crippen LogP contribution >= 0.6 is 0 Å². The maximum Gasteiger partial charge on any atom is 0.325 e. The van der Waals surface area contributed by atoms with Gasteiger partial charge >= 0.3 is 5.97 Å². The molecule has 0 unspecified atom stereocenters. The number of amides is 2. The molecule has 0 heterocycles. The Hall–Kier alpha value is -3.35. The average Bonchev–Trinajstić information content (AvgIpc) is 3.50. The standard InChI is InChI=1S/C20H20N2O5/c23-18(22-15-8-9-15)13-26-19(24)12-21-20(25)14-6-10-17(11-7-14)27-16-4-2-1-3-5-16/h1-7,10-11,15H,8-9,12-13H2,(H,21,25)(H,22,23). The third-order valence-electron chi connectivity index (χ3n) is 3.80. The van der Waals surface area contributed by atoms with E-state index in [-0.39, 0.29) is 25.1 Å². The van der Waals surface area contributed by atoms with E-state index in [1.54, 1.807) is 24.3 Å². The van der Waals surface area contributed by atoms with Crippen molar-refractivity contribution in [1.82, 2.24) is 10.6 Å². The van der Waals surface area contributed by atoms with Crippen LogP contribution in [0.2, 0.25) is 0 Å². The van der Waals surface area contributed by atoms with E-state index < -0.39 is 11.9 Å². The number of nitrogens with one attached hydrogen (secondary N) is 2. The number of carbonyl (C=O) groups is 3. The molecule has 1 saturated carbocycles. The Kier molecular flexibility index (Phi) is 6.04. The maximum absolute atomic E-state index is 12.1. The molecule has 140 valence electrons. The summed E-state index contributed by atoms with van der Waals surface area (Å²) in [6, 6.07) is 16.0. The summed E-state index contributed by atoms with van der Waals surface area (Å²) in [5.74, 6) is -0.118. The van der Waals surface area contributed by atoms with Crippen molar-refractivity contribution in [3.63, 3.8) is 0 Å². The minimum Gasteiger partial charge on any atom is -0.457 e. The Morgan fingerprint density at radius 1 is 0.926 bits per heavy atom. The molecule has 0 saturated heterocycles. The van der Waals surface area contributed by atoms with Crippen molar-refractivity contribution in [3.8, 4) is 11.5 Å². The zero-order valence-electron chi connectivity index (χ0n) is 14.6. The van der Waals surface area contributed by atoms with Gasteiger partial charge < -0.3 is 20.1 Å². The third kappa shape index (κ3) is 6.14. The Bertz CT molecular complexity index is 801. The van der Waals surface area contributed by atoms with Crippen LogP contribution in [0.3, 0.4) is 0 Å². The minimum atomic E-state index is -0.668. The number of rotatable bonds is 8. The highest BCUT2D eigenvalue weighted by molar-refractivity contribution is 5.96. The molecule has 2 amide bonds. The molecule has 7 nitrogen and oxygen atoms in total. The van der Waals surface area contributed by atoms with E-state index in [0.717, 1.165) is 12.8 Å². The van der Waals surface area contributed by atoms with Gasteiger partial charge in [-0.15, -0.1) is 0 Å². The molecular formula is C20H20N2O5. The van der Waals surface area contributed by atoms with Gasteiger partial charge in [0, 0.05) is 11.6 Å². The van der Waals surface area contributed by atoms with Gasteiger partial charge in [0.1, 0.15) is 18.0 Å². The molecule has 0 atom stereocenters. The first kappa shape index (κ1) is 18.4. The van der Waals surface area contributed by atoms with Crippen LogP contribution in [0.25, 0.3) is 0 Å². The Morgan fingerprint density at radius 2 is 1.59 bits per heavy atom. The predicted molar refractivity (Wildman–Crippen MR) is 97.4 cm³/mol. The van der Waals surface area contributed by atoms with E-state index in [1.165, 1.54) is 0 Å². The van der Waals surface area contributed by atoms with Gasteiger partial charge in [0.15, 0.2) is 6.61 Å². The van der Waals surface area contributed by atoms with Crippen LogP contribution in [-0.4, -0.2) is 37.0 Å². The Balaban J connectivity index is 1.40. The first-order valence-corrected chi connectivity index (χ1v) is 8.66. The zero-order valence-corrected chi connectivity index (χ0v) is 14.6. The van der Waals surface area contributed by atoms with Crippen molar-refractivity contribution in [2.75, 3.05) is 13.2 Å². The van der Waals surface area contributed by atoms with E-state index in [9.17, 15) is 14.4 Å². The van der Waals surface area contributed by atoms with E-state index in [4.69, 9.17) is 9.47 Å². The highest BCUT2D eigenvalue weighted by atomic mass is 16.5. The lowest BCUT2D eigenvalue weighted by atomic mass is 10.2. The van der Waals surface area contributed by atoms with Crippen LogP contribution in [0.1, 0.15) is 23.2 Å². The Labute approximate surface area is 156 Å². The van der Waals surface area contributed by atoms with Gasteiger partial charge in [-0.1, -0.05) is 18.2 Å². The van der Waals surface area contributed by atoms with Crippen molar-refractivity contribution in [3.05, 3.63) is 60.2 Å². The fraction of sp³-hybridized carbons (Fsp3) is 0.250. The van der Waals surface area contributed by atoms with E-state index in [0.29, 0.717) is 17.1 Å². The van der Waals surface area contributed by atoms with Gasteiger partial charge in [0.2, 0.25) is 0 Å². The molecule has 0 aromatic heterocycles. The number of ether oxygens (including phenoxy) is 2. The molecule has 1 aliphatic carbocycles. The molecule has 0 aliphatic heterocycles. The molecule has 0 radical (unpaired) electrons. The fourth-order valence-electron chi connectivity index (χ4n) is 2.25. The summed E-state index contributed by atoms with van der Waals surface area (Å²) in [6.07, 6.45) is 1.93. The topological polar surface area (TPSA) is 93.7 Å². The van der Waals surface area contributed by atoms with Crippen molar-refractivity contribution < 1.29 is 23.9 Å². The summed E-state index contributed by atoms with van der Waals surface area (Å²) in [6.45, 7) is -0.644. The normalized spacial score (nSPS) is 12.7. The molecule has 0 bridgehead atoms. The summed E-state index contributed by atoms with van der Waals surface area (Å²) in [5.41, 5.74) is 0.384. The maximum atomic E-state index is 12.1. The summed E-state index contributed by atoms with van der Waals surface area (Å²) < 4.78 is 10.5. The van der Waals surface area contributed by atoms with E-state index in [1.807, 2.05) is 30.3 Å². The summed E-state index contributed by atoms with van der Waals surface area (Å²) >= 11 is 0. The highest BCUT2D eigenvalue weighted by Crippen LogP contribution is 2.21. The number of hydrogen-bond acceptors (Lipinski definition) is 5. The van der Waals surface area contributed by atoms with Crippen molar-refractivity contribution in [1.29, 1.82) is 0 Å². The summed E-state index contributed by atoms with van der Waals surface area (Å²) in [5, 5.41) is 5.17. The average molecular weight is 368 g/mol. The van der Waals surface area contributed by atoms with Gasteiger partial charge in [-0.3, -0.25) is 14.4 Å². The number of benzene rings is 2. The van der Waals surface area contributed by atoms with Crippen molar-refractivity contribution in [2.24, 2.45) is 0 Å². The molecule has 2 aromatic rings. The van der Waals surface area contributed by atoms with Gasteiger partial charge in [-0.25, -0.2) is 0 Å².